The van der Waals surface area contributed by atoms with Crippen LogP contribution in [-0.4, -0.2) is 26.8 Å². The summed E-state index contributed by atoms with van der Waals surface area (Å²) in [6, 6.07) is 21.9. The molecule has 6 nitrogen and oxygen atoms in total. The molecular formula is C23H19N5O. The number of anilines is 2. The second-order valence-corrected chi connectivity index (χ2v) is 6.67. The summed E-state index contributed by atoms with van der Waals surface area (Å²) >= 11 is 0. The summed E-state index contributed by atoms with van der Waals surface area (Å²) in [4.78, 5) is 9.58. The second-order valence-electron chi connectivity index (χ2n) is 6.67. The Kier molecular flexibility index (Phi) is 4.29. The fourth-order valence-electron chi connectivity index (χ4n) is 3.33. The number of nitrogens with one attached hydrogen (secondary N) is 2. The van der Waals surface area contributed by atoms with E-state index in [0.717, 1.165) is 44.6 Å². The molecule has 0 aliphatic rings. The lowest BCUT2D eigenvalue weighted by molar-refractivity contribution is 0.340. The Morgan fingerprint density at radius 1 is 0.966 bits per heavy atom. The van der Waals surface area contributed by atoms with Crippen LogP contribution in [0.5, 0.6) is 5.75 Å². The fraction of sp³-hybridized carbons (Fsp3) is 0.0870. The number of aromatic nitrogens is 4. The van der Waals surface area contributed by atoms with Crippen LogP contribution in [0.25, 0.3) is 33.2 Å². The van der Waals surface area contributed by atoms with E-state index in [9.17, 15) is 0 Å². The Balaban J connectivity index is 1.58. The predicted molar refractivity (Wildman–Crippen MR) is 116 cm³/mol. The molecule has 3 aromatic carbocycles. The van der Waals surface area contributed by atoms with E-state index in [1.807, 2.05) is 79.9 Å². The van der Waals surface area contributed by atoms with Crippen molar-refractivity contribution in [1.29, 1.82) is 0 Å². The zero-order valence-electron chi connectivity index (χ0n) is 15.9. The monoisotopic (exact) mass is 381 g/mol. The maximum absolute atomic E-state index is 5.54. The Bertz CT molecular complexity index is 1290. The van der Waals surface area contributed by atoms with Gasteiger partial charge in [0.05, 0.1) is 23.8 Å². The first-order valence-electron chi connectivity index (χ1n) is 9.50. The molecule has 2 N–H and O–H groups in total. The van der Waals surface area contributed by atoms with E-state index in [4.69, 9.17) is 14.7 Å². The third kappa shape index (κ3) is 3.36. The molecule has 0 amide bonds. The van der Waals surface area contributed by atoms with Crippen molar-refractivity contribution < 1.29 is 4.74 Å². The van der Waals surface area contributed by atoms with Crippen molar-refractivity contribution in [2.24, 2.45) is 0 Å². The highest BCUT2D eigenvalue weighted by Gasteiger charge is 2.10. The Morgan fingerprint density at radius 2 is 1.83 bits per heavy atom. The molecule has 0 bridgehead atoms. The highest BCUT2D eigenvalue weighted by molar-refractivity contribution is 5.93. The lowest BCUT2D eigenvalue weighted by Gasteiger charge is -2.11. The molecule has 6 heteroatoms. The number of nitrogens with zero attached hydrogens (tertiary/aromatic N) is 3. The molecule has 142 valence electrons. The molecule has 0 unspecified atom stereocenters. The summed E-state index contributed by atoms with van der Waals surface area (Å²) in [6.07, 6.45) is 1.81. The average molecular weight is 381 g/mol. The predicted octanol–water partition coefficient (Wildman–Crippen LogP) is 5.32. The number of fused-ring (bicyclic) bond motifs is 2. The highest BCUT2D eigenvalue weighted by atomic mass is 16.5. The minimum Gasteiger partial charge on any atom is -0.494 e. The van der Waals surface area contributed by atoms with Gasteiger partial charge >= 0.3 is 0 Å². The van der Waals surface area contributed by atoms with E-state index in [0.29, 0.717) is 12.4 Å². The molecule has 0 aliphatic carbocycles. The van der Waals surface area contributed by atoms with Gasteiger partial charge in [0.2, 0.25) is 0 Å². The summed E-state index contributed by atoms with van der Waals surface area (Å²) in [5.74, 6) is 2.27. The van der Waals surface area contributed by atoms with Crippen molar-refractivity contribution >= 4 is 33.3 Å². The molecular weight excluding hydrogens is 362 g/mol. The van der Waals surface area contributed by atoms with E-state index in [2.05, 4.69) is 15.5 Å². The smallest absolute Gasteiger partial charge is 0.162 e. The van der Waals surface area contributed by atoms with Crippen molar-refractivity contribution in [3.8, 4) is 17.1 Å². The molecule has 2 aromatic heterocycles. The summed E-state index contributed by atoms with van der Waals surface area (Å²) in [5.41, 5.74) is 3.77. The van der Waals surface area contributed by atoms with Gasteiger partial charge in [0, 0.05) is 22.0 Å². The van der Waals surface area contributed by atoms with Crippen molar-refractivity contribution in [2.75, 3.05) is 11.9 Å². The van der Waals surface area contributed by atoms with Crippen LogP contribution in [0.15, 0.2) is 72.9 Å². The van der Waals surface area contributed by atoms with Crippen molar-refractivity contribution in [3.05, 3.63) is 72.9 Å². The number of ether oxygens (including phenoxy) is 1. The Labute approximate surface area is 167 Å². The zero-order valence-corrected chi connectivity index (χ0v) is 15.9. The average Bonchev–Trinajstić information content (AvgIpc) is 3.22. The maximum Gasteiger partial charge on any atom is 0.162 e. The third-order valence-corrected chi connectivity index (χ3v) is 4.73. The largest absolute Gasteiger partial charge is 0.494 e. The van der Waals surface area contributed by atoms with Crippen LogP contribution < -0.4 is 10.1 Å². The van der Waals surface area contributed by atoms with Gasteiger partial charge in [-0.3, -0.25) is 5.10 Å². The van der Waals surface area contributed by atoms with Gasteiger partial charge in [-0.25, -0.2) is 9.97 Å². The van der Waals surface area contributed by atoms with Gasteiger partial charge in [0.15, 0.2) is 5.82 Å². The van der Waals surface area contributed by atoms with Crippen LogP contribution in [0, 0.1) is 0 Å². The lowest BCUT2D eigenvalue weighted by atomic mass is 10.1. The van der Waals surface area contributed by atoms with Crippen molar-refractivity contribution in [2.45, 2.75) is 6.92 Å². The van der Waals surface area contributed by atoms with Crippen LogP contribution in [-0.2, 0) is 0 Å². The molecule has 0 fully saturated rings. The van der Waals surface area contributed by atoms with Gasteiger partial charge < -0.3 is 10.1 Å². The summed E-state index contributed by atoms with van der Waals surface area (Å²) < 4.78 is 5.54. The zero-order chi connectivity index (χ0) is 19.6. The van der Waals surface area contributed by atoms with E-state index in [-0.39, 0.29) is 0 Å². The quantitative estimate of drug-likeness (QED) is 0.431. The first kappa shape index (κ1) is 17.2. The van der Waals surface area contributed by atoms with Crippen LogP contribution in [0.2, 0.25) is 0 Å². The number of hydrogen-bond acceptors (Lipinski definition) is 5. The van der Waals surface area contributed by atoms with Gasteiger partial charge in [0.25, 0.3) is 0 Å². The maximum atomic E-state index is 5.54. The highest BCUT2D eigenvalue weighted by Crippen LogP contribution is 2.29. The van der Waals surface area contributed by atoms with Crippen LogP contribution in [0.4, 0.5) is 11.5 Å². The topological polar surface area (TPSA) is 75.7 Å². The van der Waals surface area contributed by atoms with E-state index >= 15 is 0 Å². The van der Waals surface area contributed by atoms with Gasteiger partial charge in [-0.05, 0) is 61.5 Å². The second kappa shape index (κ2) is 7.24. The number of para-hydroxylation sites is 1. The number of hydrogen-bond donors (Lipinski definition) is 2. The first-order chi connectivity index (χ1) is 14.3. The van der Waals surface area contributed by atoms with Crippen LogP contribution in [0.3, 0.4) is 0 Å². The molecule has 0 saturated carbocycles. The molecule has 0 spiro atoms. The fourth-order valence-corrected chi connectivity index (χ4v) is 3.33. The Morgan fingerprint density at radius 3 is 2.69 bits per heavy atom. The van der Waals surface area contributed by atoms with Crippen LogP contribution in [0.1, 0.15) is 6.92 Å². The van der Waals surface area contributed by atoms with Gasteiger partial charge in [-0.1, -0.05) is 12.1 Å². The molecule has 0 radical (unpaired) electrons. The SMILES string of the molecule is CCOc1ccc(-c2nc(Nc3ccc4[nH]ncc4c3)c3ccccc3n2)cc1. The molecule has 29 heavy (non-hydrogen) atoms. The molecule has 5 rings (SSSR count). The summed E-state index contributed by atoms with van der Waals surface area (Å²) in [7, 11) is 0. The molecule has 0 aliphatic heterocycles. The van der Waals surface area contributed by atoms with Crippen LogP contribution >= 0.6 is 0 Å². The Hall–Kier alpha value is -3.93. The van der Waals surface area contributed by atoms with E-state index in [1.54, 1.807) is 0 Å². The first-order valence-corrected chi connectivity index (χ1v) is 9.50. The summed E-state index contributed by atoms with van der Waals surface area (Å²) in [6.45, 7) is 2.61. The molecule has 0 atom stereocenters. The number of aromatic amines is 1. The molecule has 5 aromatic rings. The van der Waals surface area contributed by atoms with E-state index in [1.165, 1.54) is 0 Å². The number of H-pyrrole nitrogens is 1. The minimum atomic E-state index is 0.640. The minimum absolute atomic E-state index is 0.640. The lowest BCUT2D eigenvalue weighted by Crippen LogP contribution is -1.99. The van der Waals surface area contributed by atoms with Crippen molar-refractivity contribution in [1.82, 2.24) is 20.2 Å². The van der Waals surface area contributed by atoms with E-state index < -0.39 is 0 Å². The van der Waals surface area contributed by atoms with Crippen molar-refractivity contribution in [3.63, 3.8) is 0 Å². The van der Waals surface area contributed by atoms with Gasteiger partial charge in [0.1, 0.15) is 11.6 Å². The third-order valence-electron chi connectivity index (χ3n) is 4.73. The normalized spacial score (nSPS) is 11.1. The van der Waals surface area contributed by atoms with Gasteiger partial charge in [-0.2, -0.15) is 5.10 Å². The number of benzene rings is 3. The number of rotatable bonds is 5. The van der Waals surface area contributed by atoms with Gasteiger partial charge in [-0.15, -0.1) is 0 Å². The molecule has 2 heterocycles. The molecule has 0 saturated heterocycles. The standard InChI is InChI=1S/C23H19N5O/c1-2-29-18-10-7-15(8-11-18)22-26-21-6-4-3-5-19(21)23(27-22)25-17-9-12-20-16(13-17)14-24-28-20/h3-14H,2H2,1H3,(H,24,28)(H,25,26,27). The summed E-state index contributed by atoms with van der Waals surface area (Å²) in [5, 5.41) is 12.5.